The lowest BCUT2D eigenvalue weighted by Gasteiger charge is -2.19. The van der Waals surface area contributed by atoms with E-state index in [1.165, 1.54) is 6.07 Å². The summed E-state index contributed by atoms with van der Waals surface area (Å²) in [6, 6.07) is 30.1. The molecule has 4 aromatic rings. The van der Waals surface area contributed by atoms with E-state index in [4.69, 9.17) is 43.7 Å². The second kappa shape index (κ2) is 17.2. The van der Waals surface area contributed by atoms with Gasteiger partial charge in [-0.3, -0.25) is 0 Å². The molecule has 0 aromatic heterocycles. The lowest BCUT2D eigenvalue weighted by atomic mass is 9.81. The average molecular weight is 660 g/mol. The largest absolute Gasteiger partial charge is 0.488 e. The van der Waals surface area contributed by atoms with Crippen molar-refractivity contribution in [3.63, 3.8) is 0 Å². The second-order valence-electron chi connectivity index (χ2n) is 9.75. The molecule has 216 valence electrons. The molecule has 0 atom stereocenters. The first-order valence-corrected chi connectivity index (χ1v) is 14.3. The zero-order valence-corrected chi connectivity index (χ0v) is 26.2. The highest BCUT2D eigenvalue weighted by Crippen LogP contribution is 2.25. The minimum atomic E-state index is -1.43. The van der Waals surface area contributed by atoms with Crippen LogP contribution in [0.3, 0.4) is 0 Å². The van der Waals surface area contributed by atoms with Gasteiger partial charge >= 0.3 is 13.2 Å². The molecule has 0 bridgehead atoms. The molecule has 0 saturated carbocycles. The van der Waals surface area contributed by atoms with E-state index in [1.54, 1.807) is 18.2 Å². The Labute approximate surface area is 260 Å². The van der Waals surface area contributed by atoms with E-state index in [-0.39, 0.29) is 0 Å². The third-order valence-electron chi connectivity index (χ3n) is 5.30. The van der Waals surface area contributed by atoms with Gasteiger partial charge in [-0.2, -0.15) is 0 Å². The van der Waals surface area contributed by atoms with Crippen molar-refractivity contribution in [2.75, 3.05) is 0 Å². The number of carbonyl (C=O) groups excluding carboxylic acids is 1. The van der Waals surface area contributed by atoms with Crippen LogP contribution in [0.15, 0.2) is 102 Å². The van der Waals surface area contributed by atoms with Gasteiger partial charge in [-0.05, 0) is 78.8 Å². The fraction of sp³-hybridized carbons (Fsp3) is 0.194. The van der Waals surface area contributed by atoms with Crippen LogP contribution in [-0.2, 0) is 17.8 Å². The van der Waals surface area contributed by atoms with Crippen molar-refractivity contribution in [1.82, 2.24) is 5.32 Å². The molecule has 0 radical (unpaired) electrons. The highest BCUT2D eigenvalue weighted by Gasteiger charge is 2.15. The fourth-order valence-corrected chi connectivity index (χ4v) is 4.24. The molecule has 0 fully saturated rings. The Morgan fingerprint density at radius 3 is 2.00 bits per heavy atom. The van der Waals surface area contributed by atoms with Crippen molar-refractivity contribution in [3.05, 3.63) is 123 Å². The molecular formula is C31H34BBrCl2N2O4. The molecule has 0 unspecified atom stereocenters. The summed E-state index contributed by atoms with van der Waals surface area (Å²) in [5.41, 5.74) is 10.1. The molecule has 4 rings (SSSR count). The number of nitrogens with two attached hydrogens (primary N) is 1. The molecular weight excluding hydrogens is 626 g/mol. The fourth-order valence-electron chi connectivity index (χ4n) is 3.43. The number of benzene rings is 4. The molecule has 10 heteroatoms. The Hall–Kier alpha value is -2.85. The third kappa shape index (κ3) is 13.1. The molecule has 6 nitrogen and oxygen atoms in total. The number of ether oxygens (including phenoxy) is 1. The van der Waals surface area contributed by atoms with Gasteiger partial charge in [0, 0.05) is 27.6 Å². The van der Waals surface area contributed by atoms with Gasteiger partial charge in [0.05, 0.1) is 0 Å². The molecule has 4 aromatic carbocycles. The maximum absolute atomic E-state index is 11.4. The molecule has 0 aliphatic heterocycles. The van der Waals surface area contributed by atoms with Gasteiger partial charge in [0.1, 0.15) is 5.60 Å². The van der Waals surface area contributed by atoms with Crippen molar-refractivity contribution >= 4 is 57.8 Å². The van der Waals surface area contributed by atoms with Crippen LogP contribution in [-0.4, -0.2) is 28.9 Å². The van der Waals surface area contributed by atoms with Crippen LogP contribution >= 0.6 is 39.1 Å². The molecule has 0 aliphatic carbocycles. The molecule has 5 N–H and O–H groups in total. The van der Waals surface area contributed by atoms with Gasteiger partial charge in [0.25, 0.3) is 0 Å². The third-order valence-corrected chi connectivity index (χ3v) is 6.54. The van der Waals surface area contributed by atoms with Crippen LogP contribution in [0.1, 0.15) is 31.9 Å². The SMILES string of the molecule is CC(C)(C)OC(=O)NCc1ccccc1Br.NCc1ccccc1-c1cccc(Cl)c1.OB(O)c1cccc(Cl)c1. The maximum atomic E-state index is 11.4. The van der Waals surface area contributed by atoms with E-state index in [2.05, 4.69) is 27.3 Å². The van der Waals surface area contributed by atoms with Crippen LogP contribution in [0, 0.1) is 0 Å². The molecule has 1 amide bonds. The Morgan fingerprint density at radius 1 is 0.878 bits per heavy atom. The number of rotatable bonds is 5. The molecule has 41 heavy (non-hydrogen) atoms. The summed E-state index contributed by atoms with van der Waals surface area (Å²) < 4.78 is 6.11. The van der Waals surface area contributed by atoms with Gasteiger partial charge in [0.15, 0.2) is 0 Å². The quantitative estimate of drug-likeness (QED) is 0.174. The smallest absolute Gasteiger partial charge is 0.444 e. The van der Waals surface area contributed by atoms with Crippen molar-refractivity contribution in [1.29, 1.82) is 0 Å². The van der Waals surface area contributed by atoms with E-state index in [1.807, 2.05) is 87.5 Å². The lowest BCUT2D eigenvalue weighted by Crippen LogP contribution is -2.32. The number of halogens is 3. The first-order valence-electron chi connectivity index (χ1n) is 12.8. The van der Waals surface area contributed by atoms with Crippen molar-refractivity contribution < 1.29 is 19.6 Å². The Balaban J connectivity index is 0.000000221. The first kappa shape index (κ1) is 34.4. The maximum Gasteiger partial charge on any atom is 0.488 e. The van der Waals surface area contributed by atoms with Crippen LogP contribution in [0.4, 0.5) is 4.79 Å². The topological polar surface area (TPSA) is 105 Å². The lowest BCUT2D eigenvalue weighted by molar-refractivity contribution is 0.0523. The van der Waals surface area contributed by atoms with E-state index in [0.717, 1.165) is 31.7 Å². The summed E-state index contributed by atoms with van der Waals surface area (Å²) in [5.74, 6) is 0. The van der Waals surface area contributed by atoms with Crippen molar-refractivity contribution in [3.8, 4) is 11.1 Å². The summed E-state index contributed by atoms with van der Waals surface area (Å²) in [6.07, 6.45) is -0.400. The molecule has 0 saturated heterocycles. The average Bonchev–Trinajstić information content (AvgIpc) is 2.92. The van der Waals surface area contributed by atoms with E-state index < -0.39 is 18.8 Å². The number of carbonyl (C=O) groups is 1. The number of hydrogen-bond donors (Lipinski definition) is 4. The van der Waals surface area contributed by atoms with Crippen LogP contribution < -0.4 is 16.5 Å². The van der Waals surface area contributed by atoms with E-state index >= 15 is 0 Å². The van der Waals surface area contributed by atoms with Gasteiger partial charge in [-0.15, -0.1) is 0 Å². The van der Waals surface area contributed by atoms with E-state index in [0.29, 0.717) is 23.6 Å². The number of hydrogen-bond acceptors (Lipinski definition) is 5. The summed E-state index contributed by atoms with van der Waals surface area (Å²) in [4.78, 5) is 11.4. The van der Waals surface area contributed by atoms with Crippen molar-refractivity contribution in [2.24, 2.45) is 5.73 Å². The molecule has 0 heterocycles. The minimum Gasteiger partial charge on any atom is -0.444 e. The summed E-state index contributed by atoms with van der Waals surface area (Å²) >= 11 is 14.9. The minimum absolute atomic E-state index is 0.400. The first-order chi connectivity index (χ1) is 19.4. The zero-order chi connectivity index (χ0) is 30.4. The standard InChI is InChI=1S/C13H12ClN.C12H16BrNO2.C6H6BClO2/c14-12-6-3-5-10(8-12)13-7-2-1-4-11(13)9-15;1-12(2,3)16-11(15)14-8-9-6-4-5-7-10(9)13;8-6-3-1-2-5(4-6)7(9)10/h1-8H,9,15H2;4-7H,8H2,1-3H3,(H,14,15);1-4,9-10H. The van der Waals surface area contributed by atoms with Gasteiger partial charge in [-0.1, -0.05) is 106 Å². The Kier molecular flexibility index (Phi) is 14.4. The highest BCUT2D eigenvalue weighted by atomic mass is 79.9. The number of nitrogens with one attached hydrogen (secondary N) is 1. The second-order valence-corrected chi connectivity index (χ2v) is 11.5. The normalized spacial score (nSPS) is 10.4. The van der Waals surface area contributed by atoms with Crippen LogP contribution in [0.2, 0.25) is 10.0 Å². The highest BCUT2D eigenvalue weighted by molar-refractivity contribution is 9.10. The summed E-state index contributed by atoms with van der Waals surface area (Å²) in [5, 5.41) is 21.2. The van der Waals surface area contributed by atoms with Crippen LogP contribution in [0.25, 0.3) is 11.1 Å². The zero-order valence-electron chi connectivity index (χ0n) is 23.2. The predicted octanol–water partition coefficient (Wildman–Crippen LogP) is 6.96. The predicted molar refractivity (Wildman–Crippen MR) is 173 cm³/mol. The van der Waals surface area contributed by atoms with Gasteiger partial charge in [-0.25, -0.2) is 4.79 Å². The monoisotopic (exact) mass is 658 g/mol. The van der Waals surface area contributed by atoms with Gasteiger partial charge < -0.3 is 25.8 Å². The summed E-state index contributed by atoms with van der Waals surface area (Å²) in [6.45, 7) is 6.51. The number of alkyl carbamates (subject to hydrolysis) is 1. The molecule has 0 spiro atoms. The van der Waals surface area contributed by atoms with Gasteiger partial charge in [0.2, 0.25) is 0 Å². The number of amides is 1. The van der Waals surface area contributed by atoms with Crippen molar-refractivity contribution in [2.45, 2.75) is 39.5 Å². The molecule has 0 aliphatic rings. The Morgan fingerprint density at radius 2 is 1.46 bits per heavy atom. The Bertz CT molecular complexity index is 1400. The van der Waals surface area contributed by atoms with Crippen LogP contribution in [0.5, 0.6) is 0 Å². The summed E-state index contributed by atoms with van der Waals surface area (Å²) in [7, 11) is -1.43. The van der Waals surface area contributed by atoms with E-state index in [9.17, 15) is 4.79 Å².